The van der Waals surface area contributed by atoms with Gasteiger partial charge < -0.3 is 15.6 Å². The van der Waals surface area contributed by atoms with E-state index in [1.54, 1.807) is 6.33 Å². The van der Waals surface area contributed by atoms with Crippen LogP contribution < -0.4 is 5.73 Å². The number of aliphatic hydroxyl groups excluding tert-OH is 1. The number of hydrogen-bond donors (Lipinski definition) is 3. The molecule has 0 spiro atoms. The standard InChI is InChI=1S/C18H29N5O2S/c1-3-5-6-7-9-12-21-16(19)13-17(22-12)23(10-20-13)18-15(26)14(24)11(25-18)8-4-2/h10-11,14-15,18,24,26H,3-9H2,1-2H3,(H2,19,21,22)/t11-,14-,15-,18-/m1/s1. The van der Waals surface area contributed by atoms with Crippen LogP contribution in [0.15, 0.2) is 6.33 Å². The summed E-state index contributed by atoms with van der Waals surface area (Å²) in [4.78, 5) is 13.4. The molecule has 3 heterocycles. The molecule has 0 saturated carbocycles. The van der Waals surface area contributed by atoms with Crippen molar-refractivity contribution >= 4 is 29.6 Å². The van der Waals surface area contributed by atoms with Crippen LogP contribution in [0, 0.1) is 0 Å². The van der Waals surface area contributed by atoms with E-state index in [2.05, 4.69) is 41.4 Å². The van der Waals surface area contributed by atoms with Gasteiger partial charge in [0.05, 0.1) is 23.8 Å². The number of imidazole rings is 1. The number of nitrogen functional groups attached to an aromatic ring is 1. The van der Waals surface area contributed by atoms with Crippen LogP contribution in [0.25, 0.3) is 11.2 Å². The van der Waals surface area contributed by atoms with Crippen LogP contribution >= 0.6 is 12.6 Å². The van der Waals surface area contributed by atoms with Crippen molar-refractivity contribution in [1.82, 2.24) is 19.5 Å². The van der Waals surface area contributed by atoms with E-state index in [0.717, 1.165) is 37.9 Å². The fourth-order valence-corrected chi connectivity index (χ4v) is 3.88. The molecule has 1 fully saturated rings. The van der Waals surface area contributed by atoms with Crippen LogP contribution in [-0.4, -0.2) is 42.1 Å². The van der Waals surface area contributed by atoms with Crippen LogP contribution in [0.5, 0.6) is 0 Å². The number of nitrogens with two attached hydrogens (primary N) is 1. The molecule has 0 unspecified atom stereocenters. The highest BCUT2D eigenvalue weighted by Gasteiger charge is 2.42. The van der Waals surface area contributed by atoms with Gasteiger partial charge in [-0.1, -0.05) is 39.5 Å². The number of rotatable bonds is 8. The van der Waals surface area contributed by atoms with Gasteiger partial charge in [0.1, 0.15) is 11.3 Å². The van der Waals surface area contributed by atoms with E-state index in [4.69, 9.17) is 10.5 Å². The van der Waals surface area contributed by atoms with Crippen molar-refractivity contribution in [2.75, 3.05) is 5.73 Å². The minimum Gasteiger partial charge on any atom is -0.389 e. The maximum absolute atomic E-state index is 10.4. The molecule has 0 amide bonds. The quantitative estimate of drug-likeness (QED) is 0.482. The maximum Gasteiger partial charge on any atom is 0.167 e. The molecule has 144 valence electrons. The lowest BCUT2D eigenvalue weighted by atomic mass is 10.1. The molecule has 3 rings (SSSR count). The number of aryl methyl sites for hydroxylation is 1. The first-order valence-corrected chi connectivity index (χ1v) is 10.1. The van der Waals surface area contributed by atoms with E-state index < -0.39 is 12.3 Å². The molecule has 26 heavy (non-hydrogen) atoms. The van der Waals surface area contributed by atoms with Crippen LogP contribution in [0.2, 0.25) is 0 Å². The summed E-state index contributed by atoms with van der Waals surface area (Å²) in [5.41, 5.74) is 7.32. The van der Waals surface area contributed by atoms with Crippen molar-refractivity contribution in [2.45, 2.75) is 82.5 Å². The minimum atomic E-state index is -0.617. The number of nitrogens with zero attached hydrogens (tertiary/aromatic N) is 4. The predicted octanol–water partition coefficient (Wildman–Crippen LogP) is 2.89. The molecule has 1 aliphatic rings. The molecule has 1 aliphatic heterocycles. The SMILES string of the molecule is CCCCCCc1nc(N)c2ncn([C@@H]3O[C@H](CCC)[C@@H](O)[C@H]3S)c2n1. The van der Waals surface area contributed by atoms with Gasteiger partial charge in [-0.05, 0) is 12.8 Å². The first-order valence-electron chi connectivity index (χ1n) is 9.57. The largest absolute Gasteiger partial charge is 0.389 e. The number of fused-ring (bicyclic) bond motifs is 1. The third-order valence-corrected chi connectivity index (χ3v) is 5.49. The van der Waals surface area contributed by atoms with Gasteiger partial charge in [0.25, 0.3) is 0 Å². The average molecular weight is 380 g/mol. The lowest BCUT2D eigenvalue weighted by molar-refractivity contribution is -0.0207. The van der Waals surface area contributed by atoms with E-state index >= 15 is 0 Å². The minimum absolute atomic E-state index is 0.224. The van der Waals surface area contributed by atoms with E-state index in [0.29, 0.717) is 17.0 Å². The highest BCUT2D eigenvalue weighted by atomic mass is 32.1. The number of ether oxygens (including phenoxy) is 1. The predicted molar refractivity (Wildman–Crippen MR) is 105 cm³/mol. The molecule has 2 aromatic heterocycles. The van der Waals surface area contributed by atoms with Crippen LogP contribution in [0.3, 0.4) is 0 Å². The van der Waals surface area contributed by atoms with Crippen molar-refractivity contribution in [2.24, 2.45) is 0 Å². The summed E-state index contributed by atoms with van der Waals surface area (Å²) in [5.74, 6) is 1.12. The number of unbranched alkanes of at least 4 members (excludes halogenated alkanes) is 3. The van der Waals surface area contributed by atoms with E-state index in [9.17, 15) is 5.11 Å². The van der Waals surface area contributed by atoms with Gasteiger partial charge in [0, 0.05) is 6.42 Å². The average Bonchev–Trinajstić information content (AvgIpc) is 3.16. The molecule has 0 radical (unpaired) electrons. The smallest absolute Gasteiger partial charge is 0.167 e. The zero-order valence-electron chi connectivity index (χ0n) is 15.5. The second kappa shape index (κ2) is 8.54. The summed E-state index contributed by atoms with van der Waals surface area (Å²) >= 11 is 4.58. The highest BCUT2D eigenvalue weighted by molar-refractivity contribution is 7.81. The number of hydrogen-bond acceptors (Lipinski definition) is 7. The Hall–Kier alpha value is -1.38. The summed E-state index contributed by atoms with van der Waals surface area (Å²) in [6.45, 7) is 4.26. The molecule has 3 N–H and O–H groups in total. The summed E-state index contributed by atoms with van der Waals surface area (Å²) in [7, 11) is 0. The molecule has 0 bridgehead atoms. The Balaban J connectivity index is 1.86. The number of aliphatic hydroxyl groups is 1. The fraction of sp³-hybridized carbons (Fsp3) is 0.722. The first kappa shape index (κ1) is 19.4. The van der Waals surface area contributed by atoms with Gasteiger partial charge in [-0.3, -0.25) is 4.57 Å². The van der Waals surface area contributed by atoms with Gasteiger partial charge in [0.2, 0.25) is 0 Å². The lowest BCUT2D eigenvalue weighted by Crippen LogP contribution is -2.27. The zero-order valence-corrected chi connectivity index (χ0v) is 16.4. The van der Waals surface area contributed by atoms with Gasteiger partial charge in [-0.25, -0.2) is 15.0 Å². The maximum atomic E-state index is 10.4. The summed E-state index contributed by atoms with van der Waals surface area (Å²) in [6.07, 6.45) is 7.53. The van der Waals surface area contributed by atoms with E-state index in [1.165, 1.54) is 12.8 Å². The van der Waals surface area contributed by atoms with Crippen LogP contribution in [-0.2, 0) is 11.2 Å². The topological polar surface area (TPSA) is 99.1 Å². The molecule has 2 aromatic rings. The molecule has 8 heteroatoms. The van der Waals surface area contributed by atoms with Gasteiger partial charge in [-0.15, -0.1) is 0 Å². The number of anilines is 1. The molecular weight excluding hydrogens is 350 g/mol. The van der Waals surface area contributed by atoms with Crippen molar-refractivity contribution in [1.29, 1.82) is 0 Å². The van der Waals surface area contributed by atoms with E-state index in [-0.39, 0.29) is 11.4 Å². The Morgan fingerprint density at radius 3 is 2.77 bits per heavy atom. The van der Waals surface area contributed by atoms with Crippen LogP contribution in [0.4, 0.5) is 5.82 Å². The van der Waals surface area contributed by atoms with E-state index in [1.807, 2.05) is 4.57 Å². The third kappa shape index (κ3) is 3.82. The fourth-order valence-electron chi connectivity index (χ4n) is 3.48. The van der Waals surface area contributed by atoms with Crippen molar-refractivity contribution in [3.05, 3.63) is 12.2 Å². The third-order valence-electron chi connectivity index (χ3n) is 4.93. The lowest BCUT2D eigenvalue weighted by Gasteiger charge is -2.17. The van der Waals surface area contributed by atoms with Gasteiger partial charge >= 0.3 is 0 Å². The van der Waals surface area contributed by atoms with Crippen molar-refractivity contribution in [3.8, 4) is 0 Å². The molecule has 1 saturated heterocycles. The molecule has 0 aliphatic carbocycles. The summed E-state index contributed by atoms with van der Waals surface area (Å²) < 4.78 is 7.90. The molecule has 7 nitrogen and oxygen atoms in total. The zero-order chi connectivity index (χ0) is 18.7. The Morgan fingerprint density at radius 1 is 1.23 bits per heavy atom. The second-order valence-electron chi connectivity index (χ2n) is 6.99. The van der Waals surface area contributed by atoms with Crippen molar-refractivity contribution < 1.29 is 9.84 Å². The summed E-state index contributed by atoms with van der Waals surface area (Å²) in [5, 5.41) is 10.1. The molecule has 0 aromatic carbocycles. The Labute approximate surface area is 159 Å². The second-order valence-corrected chi connectivity index (χ2v) is 7.59. The number of aromatic nitrogens is 4. The molecular formula is C18H29N5O2S. The number of thiol groups is 1. The molecule has 4 atom stereocenters. The highest BCUT2D eigenvalue weighted by Crippen LogP contribution is 2.36. The monoisotopic (exact) mass is 379 g/mol. The van der Waals surface area contributed by atoms with Gasteiger partial charge in [-0.2, -0.15) is 12.6 Å². The Morgan fingerprint density at radius 2 is 2.04 bits per heavy atom. The summed E-state index contributed by atoms with van der Waals surface area (Å²) in [6, 6.07) is 0. The van der Waals surface area contributed by atoms with Gasteiger partial charge in [0.15, 0.2) is 17.7 Å². The Kier molecular flexibility index (Phi) is 6.37. The first-order chi connectivity index (χ1) is 12.6. The Bertz CT molecular complexity index is 738. The normalized spacial score (nSPS) is 26.0. The van der Waals surface area contributed by atoms with Crippen molar-refractivity contribution in [3.63, 3.8) is 0 Å². The van der Waals surface area contributed by atoms with Crippen LogP contribution in [0.1, 0.15) is 64.4 Å².